The van der Waals surface area contributed by atoms with Crippen molar-refractivity contribution in [2.24, 2.45) is 0 Å². The van der Waals surface area contributed by atoms with Crippen LogP contribution in [0.15, 0.2) is 36.8 Å². The summed E-state index contributed by atoms with van der Waals surface area (Å²) in [5.74, 6) is 0.405. The Labute approximate surface area is 125 Å². The fraction of sp³-hybridized carbons (Fsp3) is 0.471. The first-order chi connectivity index (χ1) is 10.3. The third-order valence-corrected chi connectivity index (χ3v) is 4.38. The van der Waals surface area contributed by atoms with Crippen LogP contribution in [0.25, 0.3) is 0 Å². The normalized spacial score (nSPS) is 22.4. The van der Waals surface area contributed by atoms with Gasteiger partial charge in [-0.2, -0.15) is 0 Å². The van der Waals surface area contributed by atoms with Crippen molar-refractivity contribution in [3.8, 4) is 0 Å². The van der Waals surface area contributed by atoms with Crippen molar-refractivity contribution in [2.45, 2.75) is 38.1 Å². The number of aromatic nitrogens is 2. The molecule has 0 saturated carbocycles. The zero-order chi connectivity index (χ0) is 14.7. The number of halogens is 1. The second-order valence-electron chi connectivity index (χ2n) is 5.74. The maximum absolute atomic E-state index is 14.2. The number of hydrogen-bond acceptors (Lipinski definition) is 2. The van der Waals surface area contributed by atoms with Crippen molar-refractivity contribution in [1.82, 2.24) is 14.9 Å². The van der Waals surface area contributed by atoms with Crippen LogP contribution in [0.4, 0.5) is 4.39 Å². The maximum atomic E-state index is 14.2. The van der Waals surface area contributed by atoms with Gasteiger partial charge in [0.25, 0.3) is 0 Å². The summed E-state index contributed by atoms with van der Waals surface area (Å²) >= 11 is 0. The largest absolute Gasteiger partial charge is 0.334 e. The Bertz CT molecular complexity index is 593. The third kappa shape index (κ3) is 2.86. The van der Waals surface area contributed by atoms with E-state index < -0.39 is 0 Å². The lowest BCUT2D eigenvalue weighted by molar-refractivity contribution is 0.378. The predicted octanol–water partition coefficient (Wildman–Crippen LogP) is 3.29. The van der Waals surface area contributed by atoms with Gasteiger partial charge in [-0.05, 0) is 31.0 Å². The molecule has 1 aromatic heterocycles. The van der Waals surface area contributed by atoms with E-state index in [0.29, 0.717) is 5.92 Å². The zero-order valence-corrected chi connectivity index (χ0v) is 12.4. The maximum Gasteiger partial charge on any atom is 0.126 e. The Kier molecular flexibility index (Phi) is 4.34. The van der Waals surface area contributed by atoms with E-state index >= 15 is 0 Å². The highest BCUT2D eigenvalue weighted by Gasteiger charge is 2.31. The van der Waals surface area contributed by atoms with Gasteiger partial charge in [-0.15, -0.1) is 0 Å². The quantitative estimate of drug-likeness (QED) is 0.935. The molecule has 21 heavy (non-hydrogen) atoms. The molecule has 1 aliphatic heterocycles. The standard InChI is InChI=1S/C17H22FN3/c1-2-9-21-12-20-11-17(21)14-7-8-19-10-15(14)13-5-3-4-6-16(13)18/h3-6,11-12,14-15,19H,2,7-10H2,1H3. The smallest absolute Gasteiger partial charge is 0.126 e. The highest BCUT2D eigenvalue weighted by Crippen LogP contribution is 2.38. The SMILES string of the molecule is CCCn1cncc1C1CCNCC1c1ccccc1F. The van der Waals surface area contributed by atoms with E-state index in [9.17, 15) is 4.39 Å². The Morgan fingerprint density at radius 1 is 1.33 bits per heavy atom. The Hall–Kier alpha value is -1.68. The molecule has 3 nitrogen and oxygen atoms in total. The molecule has 0 amide bonds. The molecule has 2 atom stereocenters. The summed E-state index contributed by atoms with van der Waals surface area (Å²) < 4.78 is 16.4. The third-order valence-electron chi connectivity index (χ3n) is 4.38. The van der Waals surface area contributed by atoms with Crippen LogP contribution in [0.5, 0.6) is 0 Å². The number of hydrogen-bond donors (Lipinski definition) is 1. The van der Waals surface area contributed by atoms with Gasteiger partial charge in [0.15, 0.2) is 0 Å². The molecule has 1 aliphatic rings. The summed E-state index contributed by atoms with van der Waals surface area (Å²) in [5.41, 5.74) is 2.06. The molecular formula is C17H22FN3. The van der Waals surface area contributed by atoms with Crippen LogP contribution in [0.2, 0.25) is 0 Å². The van der Waals surface area contributed by atoms with Crippen LogP contribution in [0.3, 0.4) is 0 Å². The number of benzene rings is 1. The summed E-state index contributed by atoms with van der Waals surface area (Å²) in [6, 6.07) is 7.16. The van der Waals surface area contributed by atoms with Crippen molar-refractivity contribution in [3.63, 3.8) is 0 Å². The second-order valence-corrected chi connectivity index (χ2v) is 5.74. The van der Waals surface area contributed by atoms with E-state index in [-0.39, 0.29) is 11.7 Å². The van der Waals surface area contributed by atoms with Crippen LogP contribution in [0, 0.1) is 5.82 Å². The summed E-state index contributed by atoms with van der Waals surface area (Å²) in [6.07, 6.45) is 5.96. The number of nitrogens with one attached hydrogen (secondary N) is 1. The number of imidazole rings is 1. The number of nitrogens with zero attached hydrogens (tertiary/aromatic N) is 2. The molecule has 112 valence electrons. The first-order valence-electron chi connectivity index (χ1n) is 7.76. The van der Waals surface area contributed by atoms with Crippen molar-refractivity contribution < 1.29 is 4.39 Å². The number of rotatable bonds is 4. The number of piperidine rings is 1. The molecule has 1 saturated heterocycles. The average molecular weight is 287 g/mol. The van der Waals surface area contributed by atoms with Gasteiger partial charge < -0.3 is 9.88 Å². The van der Waals surface area contributed by atoms with Gasteiger partial charge >= 0.3 is 0 Å². The van der Waals surface area contributed by atoms with Crippen molar-refractivity contribution in [2.75, 3.05) is 13.1 Å². The molecule has 0 radical (unpaired) electrons. The summed E-state index contributed by atoms with van der Waals surface area (Å²) in [6.45, 7) is 4.94. The summed E-state index contributed by atoms with van der Waals surface area (Å²) in [5, 5.41) is 3.41. The molecule has 4 heteroatoms. The first-order valence-corrected chi connectivity index (χ1v) is 7.76. The Morgan fingerprint density at radius 3 is 3.00 bits per heavy atom. The molecule has 0 bridgehead atoms. The average Bonchev–Trinajstić information content (AvgIpc) is 2.96. The number of aryl methyl sites for hydroxylation is 1. The lowest BCUT2D eigenvalue weighted by Crippen LogP contribution is -2.35. The predicted molar refractivity (Wildman–Crippen MR) is 81.9 cm³/mol. The van der Waals surface area contributed by atoms with Crippen LogP contribution in [-0.4, -0.2) is 22.6 Å². The van der Waals surface area contributed by atoms with Gasteiger partial charge in [-0.25, -0.2) is 9.37 Å². The molecule has 0 aliphatic carbocycles. The van der Waals surface area contributed by atoms with Gasteiger partial charge in [0, 0.05) is 36.8 Å². The molecular weight excluding hydrogens is 265 g/mol. The molecule has 2 unspecified atom stereocenters. The van der Waals surface area contributed by atoms with Crippen molar-refractivity contribution in [1.29, 1.82) is 0 Å². The lowest BCUT2D eigenvalue weighted by atomic mass is 9.79. The molecule has 3 rings (SSSR count). The molecule has 2 heterocycles. The topological polar surface area (TPSA) is 29.9 Å². The summed E-state index contributed by atoms with van der Waals surface area (Å²) in [7, 11) is 0. The van der Waals surface area contributed by atoms with E-state index in [1.165, 1.54) is 5.69 Å². The van der Waals surface area contributed by atoms with Crippen LogP contribution in [0.1, 0.15) is 42.9 Å². The van der Waals surface area contributed by atoms with Gasteiger partial charge in [0.05, 0.1) is 6.33 Å². The Morgan fingerprint density at radius 2 is 2.19 bits per heavy atom. The molecule has 1 aromatic carbocycles. The highest BCUT2D eigenvalue weighted by atomic mass is 19.1. The van der Waals surface area contributed by atoms with E-state index in [1.807, 2.05) is 24.7 Å². The minimum absolute atomic E-state index is 0.0993. The van der Waals surface area contributed by atoms with Gasteiger partial charge in [-0.3, -0.25) is 0 Å². The zero-order valence-electron chi connectivity index (χ0n) is 12.4. The van der Waals surface area contributed by atoms with Crippen LogP contribution < -0.4 is 5.32 Å². The van der Waals surface area contributed by atoms with Gasteiger partial charge in [0.1, 0.15) is 5.82 Å². The van der Waals surface area contributed by atoms with Crippen LogP contribution in [-0.2, 0) is 6.54 Å². The van der Waals surface area contributed by atoms with Gasteiger partial charge in [0.2, 0.25) is 0 Å². The molecule has 0 spiro atoms. The van der Waals surface area contributed by atoms with Gasteiger partial charge in [-0.1, -0.05) is 25.1 Å². The summed E-state index contributed by atoms with van der Waals surface area (Å²) in [4.78, 5) is 4.32. The second kappa shape index (κ2) is 6.39. The molecule has 2 aromatic rings. The molecule has 1 N–H and O–H groups in total. The minimum atomic E-state index is -0.0993. The van der Waals surface area contributed by atoms with E-state index in [4.69, 9.17) is 0 Å². The monoisotopic (exact) mass is 287 g/mol. The van der Waals surface area contributed by atoms with E-state index in [0.717, 1.165) is 38.0 Å². The van der Waals surface area contributed by atoms with E-state index in [1.54, 1.807) is 12.1 Å². The first kappa shape index (κ1) is 14.3. The fourth-order valence-electron chi connectivity index (χ4n) is 3.38. The lowest BCUT2D eigenvalue weighted by Gasteiger charge is -2.33. The fourth-order valence-corrected chi connectivity index (χ4v) is 3.38. The highest BCUT2D eigenvalue weighted by molar-refractivity contribution is 5.28. The molecule has 1 fully saturated rings. The van der Waals surface area contributed by atoms with Crippen molar-refractivity contribution >= 4 is 0 Å². The van der Waals surface area contributed by atoms with Crippen LogP contribution >= 0.6 is 0 Å². The Balaban J connectivity index is 1.95. The van der Waals surface area contributed by atoms with Crippen molar-refractivity contribution in [3.05, 3.63) is 53.9 Å². The minimum Gasteiger partial charge on any atom is -0.334 e. The van der Waals surface area contributed by atoms with E-state index in [2.05, 4.69) is 21.8 Å².